The molecule has 0 aromatic heterocycles. The van der Waals surface area contributed by atoms with Crippen molar-refractivity contribution in [1.82, 2.24) is 0 Å². The molecule has 1 rings (SSSR count). The Morgan fingerprint density at radius 1 is 1.42 bits per heavy atom. The zero-order chi connectivity index (χ0) is 9.19. The molecule has 0 N–H and O–H groups in total. The summed E-state index contributed by atoms with van der Waals surface area (Å²) in [5.74, 6) is 0. The Kier molecular flexibility index (Phi) is 2.72. The number of halogens is 1. The number of hydrogen-bond donors (Lipinski definition) is 0. The van der Waals surface area contributed by atoms with Gasteiger partial charge in [0.15, 0.2) is 0 Å². The minimum atomic E-state index is -3.61. The fourth-order valence-corrected chi connectivity index (χ4v) is 1.68. The van der Waals surface area contributed by atoms with Gasteiger partial charge in [-0.05, 0) is 18.2 Å². The number of benzene rings is 1. The van der Waals surface area contributed by atoms with Crippen molar-refractivity contribution < 1.29 is 12.6 Å². The van der Waals surface area contributed by atoms with Gasteiger partial charge in [0.2, 0.25) is 0 Å². The van der Waals surface area contributed by atoms with Crippen molar-refractivity contribution >= 4 is 21.7 Å². The van der Waals surface area contributed by atoms with Gasteiger partial charge < -0.3 is 0 Å². The van der Waals surface area contributed by atoms with E-state index in [2.05, 4.69) is 4.18 Å². The molecule has 0 saturated carbocycles. The smallest absolute Gasteiger partial charge is 0.270 e. The quantitative estimate of drug-likeness (QED) is 0.692. The number of hydrogen-bond acceptors (Lipinski definition) is 3. The van der Waals surface area contributed by atoms with E-state index in [0.717, 1.165) is 7.11 Å². The van der Waals surface area contributed by atoms with E-state index in [0.29, 0.717) is 5.02 Å². The summed E-state index contributed by atoms with van der Waals surface area (Å²) >= 11 is 5.59. The van der Waals surface area contributed by atoms with Crippen molar-refractivity contribution in [1.29, 1.82) is 0 Å². The molecule has 0 heterocycles. The van der Waals surface area contributed by atoms with Crippen molar-refractivity contribution in [2.45, 2.75) is 4.90 Å². The first-order valence-corrected chi connectivity index (χ1v) is 4.91. The minimum absolute atomic E-state index is 0.0671. The third kappa shape index (κ3) is 1.97. The second kappa shape index (κ2) is 3.43. The third-order valence-corrected chi connectivity index (χ3v) is 2.81. The van der Waals surface area contributed by atoms with Crippen LogP contribution in [0.2, 0.25) is 5.02 Å². The highest BCUT2D eigenvalue weighted by Gasteiger charge is 2.11. The lowest BCUT2D eigenvalue weighted by Gasteiger charge is -2.00. The van der Waals surface area contributed by atoms with Gasteiger partial charge in [-0.2, -0.15) is 8.42 Å². The molecule has 0 bridgehead atoms. The lowest BCUT2D eigenvalue weighted by atomic mass is 10.4. The largest absolute Gasteiger partial charge is 0.296 e. The molecule has 12 heavy (non-hydrogen) atoms. The first kappa shape index (κ1) is 9.51. The van der Waals surface area contributed by atoms with Gasteiger partial charge in [0.25, 0.3) is 10.1 Å². The van der Waals surface area contributed by atoms with E-state index in [-0.39, 0.29) is 4.90 Å². The van der Waals surface area contributed by atoms with Crippen molar-refractivity contribution in [2.75, 3.05) is 7.11 Å². The van der Waals surface area contributed by atoms with Crippen LogP contribution in [-0.4, -0.2) is 15.5 Å². The average Bonchev–Trinajstić information content (AvgIpc) is 2.05. The molecule has 5 heteroatoms. The van der Waals surface area contributed by atoms with Gasteiger partial charge in [0.1, 0.15) is 0 Å². The maximum Gasteiger partial charge on any atom is 0.296 e. The van der Waals surface area contributed by atoms with Gasteiger partial charge in [-0.25, -0.2) is 0 Å². The normalized spacial score (nSPS) is 11.5. The highest BCUT2D eigenvalue weighted by Crippen LogP contribution is 2.16. The fraction of sp³-hybridized carbons (Fsp3) is 0.143. The van der Waals surface area contributed by atoms with Crippen LogP contribution >= 0.6 is 11.6 Å². The molecule has 66 valence electrons. The molecule has 3 nitrogen and oxygen atoms in total. The minimum Gasteiger partial charge on any atom is -0.270 e. The van der Waals surface area contributed by atoms with E-state index in [4.69, 9.17) is 11.6 Å². The Bertz CT molecular complexity index is 372. The Balaban J connectivity index is 3.21. The maximum absolute atomic E-state index is 11.1. The molecule has 0 aliphatic heterocycles. The summed E-state index contributed by atoms with van der Waals surface area (Å²) in [6, 6.07) is 5.90. The van der Waals surface area contributed by atoms with Crippen LogP contribution in [0.4, 0.5) is 0 Å². The zero-order valence-corrected chi connectivity index (χ0v) is 7.89. The number of rotatable bonds is 2. The molecule has 0 amide bonds. The summed E-state index contributed by atoms with van der Waals surface area (Å²) in [4.78, 5) is 0.0671. The standard InChI is InChI=1S/C7H7ClO3S/c1-11-12(9,10)7-4-2-3-6(8)5-7/h2-5H,1H3. The molecule has 0 aliphatic carbocycles. The molecule has 0 spiro atoms. The molecule has 0 aliphatic rings. The first-order valence-electron chi connectivity index (χ1n) is 3.12. The molecular weight excluding hydrogens is 200 g/mol. The van der Waals surface area contributed by atoms with Crippen LogP contribution < -0.4 is 0 Å². The van der Waals surface area contributed by atoms with Crippen LogP contribution in [0.1, 0.15) is 0 Å². The van der Waals surface area contributed by atoms with Crippen molar-refractivity contribution in [2.24, 2.45) is 0 Å². The van der Waals surface area contributed by atoms with E-state index in [1.54, 1.807) is 12.1 Å². The fourth-order valence-electron chi connectivity index (χ4n) is 0.719. The lowest BCUT2D eigenvalue weighted by molar-refractivity contribution is 0.398. The monoisotopic (exact) mass is 206 g/mol. The SMILES string of the molecule is COS(=O)(=O)c1cccc(Cl)c1. The highest BCUT2D eigenvalue weighted by atomic mass is 35.5. The molecule has 0 saturated heterocycles. The molecule has 1 aromatic rings. The Labute approximate surface area is 76.0 Å². The van der Waals surface area contributed by atoms with Gasteiger partial charge in [0.05, 0.1) is 12.0 Å². The van der Waals surface area contributed by atoms with Crippen molar-refractivity contribution in [3.63, 3.8) is 0 Å². The summed E-state index contributed by atoms with van der Waals surface area (Å²) in [6.07, 6.45) is 0. The molecule has 0 unspecified atom stereocenters. The Hall–Kier alpha value is -0.580. The Morgan fingerprint density at radius 3 is 2.58 bits per heavy atom. The Morgan fingerprint density at radius 2 is 2.08 bits per heavy atom. The van der Waals surface area contributed by atoms with Crippen LogP contribution in [0.25, 0.3) is 0 Å². The van der Waals surface area contributed by atoms with Crippen LogP contribution in [0.15, 0.2) is 29.2 Å². The summed E-state index contributed by atoms with van der Waals surface area (Å²) in [6.45, 7) is 0. The predicted octanol–water partition coefficient (Wildman–Crippen LogP) is 1.68. The highest BCUT2D eigenvalue weighted by molar-refractivity contribution is 7.86. The van der Waals surface area contributed by atoms with Gasteiger partial charge in [-0.15, -0.1) is 0 Å². The van der Waals surface area contributed by atoms with E-state index >= 15 is 0 Å². The summed E-state index contributed by atoms with van der Waals surface area (Å²) < 4.78 is 26.4. The molecule has 0 radical (unpaired) electrons. The summed E-state index contributed by atoms with van der Waals surface area (Å²) in [7, 11) is -2.50. The van der Waals surface area contributed by atoms with E-state index in [1.807, 2.05) is 0 Å². The second-order valence-corrected chi connectivity index (χ2v) is 4.23. The first-order chi connectivity index (χ1) is 5.56. The van der Waals surface area contributed by atoms with Crippen LogP contribution in [0, 0.1) is 0 Å². The molecular formula is C7H7ClO3S. The van der Waals surface area contributed by atoms with Gasteiger partial charge in [-0.3, -0.25) is 4.18 Å². The lowest BCUT2D eigenvalue weighted by Crippen LogP contribution is -2.02. The van der Waals surface area contributed by atoms with Gasteiger partial charge in [-0.1, -0.05) is 17.7 Å². The topological polar surface area (TPSA) is 43.4 Å². The van der Waals surface area contributed by atoms with Gasteiger partial charge >= 0.3 is 0 Å². The molecule has 1 aromatic carbocycles. The molecule has 0 fully saturated rings. The van der Waals surface area contributed by atoms with Crippen LogP contribution in [-0.2, 0) is 14.3 Å². The summed E-state index contributed by atoms with van der Waals surface area (Å²) in [5, 5.41) is 0.369. The van der Waals surface area contributed by atoms with Crippen LogP contribution in [0.3, 0.4) is 0 Å². The van der Waals surface area contributed by atoms with Crippen molar-refractivity contribution in [3.05, 3.63) is 29.3 Å². The van der Waals surface area contributed by atoms with Gasteiger partial charge in [0, 0.05) is 5.02 Å². The average molecular weight is 207 g/mol. The van der Waals surface area contributed by atoms with Crippen molar-refractivity contribution in [3.8, 4) is 0 Å². The van der Waals surface area contributed by atoms with E-state index in [1.165, 1.54) is 12.1 Å². The third-order valence-electron chi connectivity index (χ3n) is 1.30. The predicted molar refractivity (Wildman–Crippen MR) is 45.6 cm³/mol. The maximum atomic E-state index is 11.1. The second-order valence-electron chi connectivity index (χ2n) is 2.08. The molecule has 0 atom stereocenters. The summed E-state index contributed by atoms with van der Waals surface area (Å²) in [5.41, 5.74) is 0. The van der Waals surface area contributed by atoms with Crippen LogP contribution in [0.5, 0.6) is 0 Å². The van der Waals surface area contributed by atoms with E-state index < -0.39 is 10.1 Å². The zero-order valence-electron chi connectivity index (χ0n) is 6.32. The van der Waals surface area contributed by atoms with E-state index in [9.17, 15) is 8.42 Å².